The van der Waals surface area contributed by atoms with E-state index in [0.29, 0.717) is 43.6 Å². The molecule has 1 saturated heterocycles. The number of halogens is 1. The van der Waals surface area contributed by atoms with E-state index in [0.717, 1.165) is 10.3 Å². The number of hydrogen-bond donors (Lipinski definition) is 0. The summed E-state index contributed by atoms with van der Waals surface area (Å²) in [6.45, 7) is 3.54. The normalized spacial score (nSPS) is 20.9. The lowest BCUT2D eigenvalue weighted by atomic mass is 9.77. The van der Waals surface area contributed by atoms with Crippen LogP contribution in [0.25, 0.3) is 0 Å². The first-order valence-electron chi connectivity index (χ1n) is 8.44. The minimum atomic E-state index is -0.228. The van der Waals surface area contributed by atoms with Crippen LogP contribution in [0.1, 0.15) is 44.0 Å². The van der Waals surface area contributed by atoms with Crippen LogP contribution in [-0.4, -0.2) is 29.0 Å². The van der Waals surface area contributed by atoms with Gasteiger partial charge in [0, 0.05) is 30.4 Å². The fourth-order valence-electron chi connectivity index (χ4n) is 3.51. The second-order valence-electron chi connectivity index (χ2n) is 6.91. The van der Waals surface area contributed by atoms with Crippen LogP contribution in [0.5, 0.6) is 0 Å². The van der Waals surface area contributed by atoms with Gasteiger partial charge in [-0.1, -0.05) is 33.2 Å². The first-order valence-corrected chi connectivity index (χ1v) is 9.23. The molecule has 0 amide bonds. The first-order chi connectivity index (χ1) is 11.6. The largest absolute Gasteiger partial charge is 0.324 e. The molecule has 4 rings (SSSR count). The van der Waals surface area contributed by atoms with Crippen LogP contribution in [0.3, 0.4) is 0 Å². The van der Waals surface area contributed by atoms with Gasteiger partial charge >= 0.3 is 6.01 Å². The van der Waals surface area contributed by atoms with Crippen LogP contribution in [0.4, 0.5) is 6.01 Å². The predicted molar refractivity (Wildman–Crippen MR) is 94.1 cm³/mol. The molecule has 2 aliphatic rings. The Kier molecular flexibility index (Phi) is 3.95. The number of nitrogens with zero attached hydrogens (tertiary/aromatic N) is 3. The fraction of sp³-hybridized carbons (Fsp3) is 0.500. The number of carbonyl (C=O) groups is 1. The highest BCUT2D eigenvalue weighted by molar-refractivity contribution is 9.10. The molecule has 1 saturated carbocycles. The minimum Gasteiger partial charge on any atom is -0.324 e. The lowest BCUT2D eigenvalue weighted by molar-refractivity contribution is -0.119. The van der Waals surface area contributed by atoms with Gasteiger partial charge in [0.15, 0.2) is 5.82 Å². The van der Waals surface area contributed by atoms with Crippen LogP contribution in [0.2, 0.25) is 0 Å². The Morgan fingerprint density at radius 2 is 1.88 bits per heavy atom. The molecule has 2 fully saturated rings. The van der Waals surface area contributed by atoms with Crippen molar-refractivity contribution < 1.29 is 9.32 Å². The monoisotopic (exact) mass is 389 g/mol. The first kappa shape index (κ1) is 15.8. The molecule has 1 atom stereocenters. The molecule has 0 spiro atoms. The van der Waals surface area contributed by atoms with Gasteiger partial charge in [-0.15, -0.1) is 0 Å². The number of piperidine rings is 1. The second kappa shape index (κ2) is 5.99. The summed E-state index contributed by atoms with van der Waals surface area (Å²) in [6.07, 6.45) is 3.50. The summed E-state index contributed by atoms with van der Waals surface area (Å²) in [5.41, 5.74) is 0.989. The summed E-state index contributed by atoms with van der Waals surface area (Å²) >= 11 is 3.50. The van der Waals surface area contributed by atoms with Gasteiger partial charge in [-0.25, -0.2) is 0 Å². The third kappa shape index (κ3) is 2.77. The Morgan fingerprint density at radius 1 is 1.21 bits per heavy atom. The van der Waals surface area contributed by atoms with E-state index in [9.17, 15) is 4.79 Å². The molecule has 0 radical (unpaired) electrons. The molecule has 1 unspecified atom stereocenters. The maximum Gasteiger partial charge on any atom is 0.324 e. The standard InChI is InChI=1S/C18H20BrN3O2/c1-18(12-2-3-12,13-4-6-14(19)7-5-13)16-20-17(24-21-16)22-10-8-15(23)9-11-22/h4-7,12H,2-3,8-11H2,1H3. The molecule has 1 aliphatic heterocycles. The molecule has 1 aromatic heterocycles. The van der Waals surface area contributed by atoms with Crippen molar-refractivity contribution in [1.29, 1.82) is 0 Å². The summed E-state index contributed by atoms with van der Waals surface area (Å²) in [6, 6.07) is 8.94. The zero-order valence-corrected chi connectivity index (χ0v) is 15.3. The highest BCUT2D eigenvalue weighted by Crippen LogP contribution is 2.50. The lowest BCUT2D eigenvalue weighted by Gasteiger charge is -2.27. The fourth-order valence-corrected chi connectivity index (χ4v) is 3.77. The number of carbonyl (C=O) groups excluding carboxylic acids is 1. The van der Waals surface area contributed by atoms with Gasteiger partial charge in [-0.3, -0.25) is 4.79 Å². The lowest BCUT2D eigenvalue weighted by Crippen LogP contribution is -2.34. The van der Waals surface area contributed by atoms with E-state index in [1.54, 1.807) is 0 Å². The predicted octanol–water partition coefficient (Wildman–Crippen LogP) is 3.72. The molecule has 2 aromatic rings. The van der Waals surface area contributed by atoms with Gasteiger partial charge in [-0.05, 0) is 43.4 Å². The average Bonchev–Trinajstić information content (AvgIpc) is 3.33. The highest BCUT2D eigenvalue weighted by atomic mass is 79.9. The van der Waals surface area contributed by atoms with Crippen LogP contribution in [0, 0.1) is 5.92 Å². The van der Waals surface area contributed by atoms with Crippen molar-refractivity contribution in [3.8, 4) is 0 Å². The zero-order chi connectivity index (χ0) is 16.7. The summed E-state index contributed by atoms with van der Waals surface area (Å²) in [5.74, 6) is 1.61. The van der Waals surface area contributed by atoms with E-state index < -0.39 is 0 Å². The highest BCUT2D eigenvalue weighted by Gasteiger charge is 2.47. The Morgan fingerprint density at radius 3 is 2.50 bits per heavy atom. The number of Topliss-reactive ketones (excluding diaryl/α,β-unsaturated/α-hetero) is 1. The van der Waals surface area contributed by atoms with Crippen molar-refractivity contribution >= 4 is 27.7 Å². The summed E-state index contributed by atoms with van der Waals surface area (Å²) < 4.78 is 6.62. The molecular formula is C18H20BrN3O2. The number of aromatic nitrogens is 2. The third-order valence-electron chi connectivity index (χ3n) is 5.31. The second-order valence-corrected chi connectivity index (χ2v) is 7.83. The number of hydrogen-bond acceptors (Lipinski definition) is 5. The Labute approximate surface area is 149 Å². The van der Waals surface area contributed by atoms with E-state index >= 15 is 0 Å². The topological polar surface area (TPSA) is 59.2 Å². The third-order valence-corrected chi connectivity index (χ3v) is 5.84. The van der Waals surface area contributed by atoms with E-state index in [-0.39, 0.29) is 5.41 Å². The summed E-state index contributed by atoms with van der Waals surface area (Å²) in [7, 11) is 0. The van der Waals surface area contributed by atoms with Crippen molar-refractivity contribution in [3.63, 3.8) is 0 Å². The maximum absolute atomic E-state index is 11.4. The number of anilines is 1. The molecular weight excluding hydrogens is 370 g/mol. The number of ketones is 1. The molecule has 6 heteroatoms. The summed E-state index contributed by atoms with van der Waals surface area (Å²) in [5, 5.41) is 4.32. The van der Waals surface area contributed by atoms with Gasteiger partial charge < -0.3 is 9.42 Å². The van der Waals surface area contributed by atoms with Crippen molar-refractivity contribution in [2.45, 2.75) is 38.0 Å². The molecule has 2 heterocycles. The zero-order valence-electron chi connectivity index (χ0n) is 13.7. The van der Waals surface area contributed by atoms with E-state index in [1.807, 2.05) is 4.90 Å². The van der Waals surface area contributed by atoms with E-state index in [2.05, 4.69) is 52.3 Å². The van der Waals surface area contributed by atoms with Gasteiger partial charge in [0.05, 0.1) is 5.41 Å². The Hall–Kier alpha value is -1.69. The van der Waals surface area contributed by atoms with Crippen LogP contribution in [-0.2, 0) is 10.2 Å². The van der Waals surface area contributed by atoms with Crippen molar-refractivity contribution in [3.05, 3.63) is 40.1 Å². The maximum atomic E-state index is 11.4. The number of rotatable bonds is 4. The molecule has 5 nitrogen and oxygen atoms in total. The van der Waals surface area contributed by atoms with Gasteiger partial charge in [0.25, 0.3) is 0 Å². The quantitative estimate of drug-likeness (QED) is 0.797. The van der Waals surface area contributed by atoms with Crippen LogP contribution < -0.4 is 4.90 Å². The molecule has 0 N–H and O–H groups in total. The van der Waals surface area contributed by atoms with Gasteiger partial charge in [0.1, 0.15) is 5.78 Å². The van der Waals surface area contributed by atoms with Crippen molar-refractivity contribution in [2.24, 2.45) is 5.92 Å². The molecule has 24 heavy (non-hydrogen) atoms. The molecule has 0 bridgehead atoms. The Bertz CT molecular complexity index is 744. The smallest absolute Gasteiger partial charge is 0.324 e. The van der Waals surface area contributed by atoms with Crippen molar-refractivity contribution in [1.82, 2.24) is 10.1 Å². The minimum absolute atomic E-state index is 0.228. The van der Waals surface area contributed by atoms with E-state index in [4.69, 9.17) is 9.51 Å². The molecule has 1 aromatic carbocycles. The molecule has 126 valence electrons. The van der Waals surface area contributed by atoms with Crippen LogP contribution >= 0.6 is 15.9 Å². The van der Waals surface area contributed by atoms with E-state index in [1.165, 1.54) is 18.4 Å². The summed E-state index contributed by atoms with van der Waals surface area (Å²) in [4.78, 5) is 18.2. The van der Waals surface area contributed by atoms with Crippen molar-refractivity contribution in [2.75, 3.05) is 18.0 Å². The number of benzene rings is 1. The molecule has 1 aliphatic carbocycles. The van der Waals surface area contributed by atoms with Gasteiger partial charge in [-0.2, -0.15) is 4.98 Å². The SMILES string of the molecule is CC(c1ccc(Br)cc1)(c1noc(N2CCC(=O)CC2)n1)C1CC1. The average molecular weight is 390 g/mol. The van der Waals surface area contributed by atoms with Gasteiger partial charge in [0.2, 0.25) is 0 Å². The van der Waals surface area contributed by atoms with Crippen LogP contribution in [0.15, 0.2) is 33.3 Å². The Balaban J connectivity index is 1.65.